The lowest BCUT2D eigenvalue weighted by Crippen LogP contribution is -2.43. The Morgan fingerprint density at radius 3 is 2.31 bits per heavy atom. The van der Waals surface area contributed by atoms with Crippen LogP contribution < -0.4 is 4.90 Å². The molecule has 7 nitrogen and oxygen atoms in total. The summed E-state index contributed by atoms with van der Waals surface area (Å²) >= 11 is 0. The summed E-state index contributed by atoms with van der Waals surface area (Å²) in [7, 11) is 0. The molecule has 3 aromatic rings. The summed E-state index contributed by atoms with van der Waals surface area (Å²) in [5.41, 5.74) is -0.839. The Bertz CT molecular complexity index is 1190. The second kappa shape index (κ2) is 7.43. The summed E-state index contributed by atoms with van der Waals surface area (Å²) in [5.74, 6) is -3.30. The number of carbonyl (C=O) groups is 2. The van der Waals surface area contributed by atoms with Crippen LogP contribution in [0, 0.1) is 5.82 Å². The van der Waals surface area contributed by atoms with E-state index in [4.69, 9.17) is 0 Å². The standard InChI is InChI=1S/C21H16F4N4O3/c1-20(2)18(30)29(14-6-4-3-5-7-14)19(31)28(20)11-13-9-8-12(10-15(13)22)16-26-27-17(32-16)21(23,24)25/h3-10H,11H2,1-2H3. The van der Waals surface area contributed by atoms with Gasteiger partial charge in [0.25, 0.3) is 5.91 Å². The predicted molar refractivity (Wildman–Crippen MR) is 104 cm³/mol. The molecule has 2 aromatic carbocycles. The Labute approximate surface area is 179 Å². The molecule has 1 fully saturated rings. The van der Waals surface area contributed by atoms with Crippen molar-refractivity contribution in [3.63, 3.8) is 0 Å². The fourth-order valence-corrected chi connectivity index (χ4v) is 3.34. The summed E-state index contributed by atoms with van der Waals surface area (Å²) < 4.78 is 57.3. The van der Waals surface area contributed by atoms with E-state index in [0.717, 1.165) is 11.0 Å². The molecule has 1 aliphatic heterocycles. The van der Waals surface area contributed by atoms with Crippen molar-refractivity contribution >= 4 is 17.6 Å². The van der Waals surface area contributed by atoms with Crippen molar-refractivity contribution in [1.82, 2.24) is 15.1 Å². The Hall–Kier alpha value is -3.76. The van der Waals surface area contributed by atoms with Gasteiger partial charge in [-0.25, -0.2) is 14.1 Å². The molecule has 1 saturated heterocycles. The third-order valence-electron chi connectivity index (χ3n) is 5.13. The lowest BCUT2D eigenvalue weighted by Gasteiger charge is -2.27. The summed E-state index contributed by atoms with van der Waals surface area (Å²) in [6.45, 7) is 2.88. The molecule has 1 aliphatic rings. The highest BCUT2D eigenvalue weighted by Crippen LogP contribution is 2.34. The molecule has 0 saturated carbocycles. The van der Waals surface area contributed by atoms with E-state index < -0.39 is 41.3 Å². The summed E-state index contributed by atoms with van der Waals surface area (Å²) in [6.07, 6.45) is -4.82. The van der Waals surface area contributed by atoms with Gasteiger partial charge in [-0.1, -0.05) is 24.3 Å². The molecule has 0 unspecified atom stereocenters. The number of anilines is 1. The lowest BCUT2D eigenvalue weighted by molar-refractivity contribution is -0.157. The number of nitrogens with zero attached hydrogens (tertiary/aromatic N) is 4. The molecule has 32 heavy (non-hydrogen) atoms. The number of rotatable bonds is 4. The molecule has 0 bridgehead atoms. The van der Waals surface area contributed by atoms with Crippen molar-refractivity contribution in [2.75, 3.05) is 4.90 Å². The Kier molecular flexibility index (Phi) is 4.99. The van der Waals surface area contributed by atoms with Crippen LogP contribution in [0.15, 0.2) is 52.9 Å². The summed E-state index contributed by atoms with van der Waals surface area (Å²) in [4.78, 5) is 28.2. The number of benzene rings is 2. The maximum Gasteiger partial charge on any atom is 0.470 e. The van der Waals surface area contributed by atoms with Crippen LogP contribution in [0.4, 0.5) is 28.0 Å². The normalized spacial score (nSPS) is 16.2. The predicted octanol–water partition coefficient (Wildman–Crippen LogP) is 4.64. The molecule has 166 valence electrons. The average Bonchev–Trinajstić information content (AvgIpc) is 3.29. The van der Waals surface area contributed by atoms with E-state index in [-0.39, 0.29) is 17.7 Å². The van der Waals surface area contributed by atoms with Crippen LogP contribution in [0.25, 0.3) is 11.5 Å². The van der Waals surface area contributed by atoms with Gasteiger partial charge in [-0.15, -0.1) is 10.2 Å². The maximum atomic E-state index is 14.8. The van der Waals surface area contributed by atoms with Crippen LogP contribution in [0.5, 0.6) is 0 Å². The average molecular weight is 448 g/mol. The summed E-state index contributed by atoms with van der Waals surface area (Å²) in [5, 5.41) is 6.21. The minimum absolute atomic E-state index is 0.0525. The molecule has 0 aliphatic carbocycles. The van der Waals surface area contributed by atoms with Crippen LogP contribution >= 0.6 is 0 Å². The lowest BCUT2D eigenvalue weighted by atomic mass is 10.0. The maximum absolute atomic E-state index is 14.8. The number of urea groups is 1. The van der Waals surface area contributed by atoms with Crippen LogP contribution in [-0.4, -0.2) is 32.6 Å². The SMILES string of the molecule is CC1(C)C(=O)N(c2ccccc2)C(=O)N1Cc1ccc(-c2nnc(C(F)(F)F)o2)cc1F. The van der Waals surface area contributed by atoms with Crippen LogP contribution in [-0.2, 0) is 17.5 Å². The molecule has 3 amide bonds. The van der Waals surface area contributed by atoms with Gasteiger partial charge in [0.15, 0.2) is 0 Å². The quantitative estimate of drug-likeness (QED) is 0.429. The van der Waals surface area contributed by atoms with Crippen LogP contribution in [0.1, 0.15) is 25.3 Å². The monoisotopic (exact) mass is 448 g/mol. The first-order chi connectivity index (χ1) is 15.0. The number of amides is 3. The van der Waals surface area contributed by atoms with Crippen molar-refractivity contribution in [3.8, 4) is 11.5 Å². The zero-order valence-corrected chi connectivity index (χ0v) is 16.9. The zero-order valence-electron chi connectivity index (χ0n) is 16.9. The van der Waals surface area contributed by atoms with E-state index in [1.54, 1.807) is 44.2 Å². The number of para-hydroxylation sites is 1. The van der Waals surface area contributed by atoms with E-state index in [0.29, 0.717) is 5.69 Å². The fourth-order valence-electron chi connectivity index (χ4n) is 3.34. The van der Waals surface area contributed by atoms with Gasteiger partial charge in [0.1, 0.15) is 11.4 Å². The zero-order chi connectivity index (χ0) is 23.3. The van der Waals surface area contributed by atoms with Gasteiger partial charge in [0, 0.05) is 11.1 Å². The van der Waals surface area contributed by atoms with Gasteiger partial charge in [-0.3, -0.25) is 4.79 Å². The second-order valence-electron chi connectivity index (χ2n) is 7.62. The van der Waals surface area contributed by atoms with Gasteiger partial charge in [0.05, 0.1) is 12.2 Å². The van der Waals surface area contributed by atoms with Crippen molar-refractivity contribution in [2.45, 2.75) is 32.1 Å². The Balaban J connectivity index is 1.61. The fraction of sp³-hybridized carbons (Fsp3) is 0.238. The third kappa shape index (κ3) is 3.59. The molecule has 0 radical (unpaired) electrons. The molecule has 0 spiro atoms. The van der Waals surface area contributed by atoms with E-state index in [1.165, 1.54) is 17.0 Å². The minimum Gasteiger partial charge on any atom is -0.413 e. The molecule has 11 heteroatoms. The Morgan fingerprint density at radius 2 is 1.72 bits per heavy atom. The van der Waals surface area contributed by atoms with Gasteiger partial charge in [-0.2, -0.15) is 13.2 Å². The number of hydrogen-bond acceptors (Lipinski definition) is 5. The third-order valence-corrected chi connectivity index (χ3v) is 5.13. The van der Waals surface area contributed by atoms with Crippen molar-refractivity contribution in [3.05, 3.63) is 65.8 Å². The highest BCUT2D eigenvalue weighted by Gasteiger charge is 2.51. The van der Waals surface area contributed by atoms with E-state index in [1.807, 2.05) is 0 Å². The van der Waals surface area contributed by atoms with E-state index >= 15 is 0 Å². The van der Waals surface area contributed by atoms with Crippen molar-refractivity contribution in [2.24, 2.45) is 0 Å². The number of carbonyl (C=O) groups excluding carboxylic acids is 2. The van der Waals surface area contributed by atoms with Gasteiger partial charge >= 0.3 is 18.1 Å². The molecule has 0 atom stereocenters. The van der Waals surface area contributed by atoms with Gasteiger partial charge in [0.2, 0.25) is 5.89 Å². The van der Waals surface area contributed by atoms with Crippen LogP contribution in [0.3, 0.4) is 0 Å². The molecular weight excluding hydrogens is 432 g/mol. The number of alkyl halides is 3. The van der Waals surface area contributed by atoms with Crippen molar-refractivity contribution in [1.29, 1.82) is 0 Å². The molecule has 0 N–H and O–H groups in total. The van der Waals surface area contributed by atoms with Crippen molar-refractivity contribution < 1.29 is 31.6 Å². The van der Waals surface area contributed by atoms with E-state index in [9.17, 15) is 27.2 Å². The first-order valence-corrected chi connectivity index (χ1v) is 9.41. The molecular formula is C21H16F4N4O3. The smallest absolute Gasteiger partial charge is 0.413 e. The van der Waals surface area contributed by atoms with Gasteiger partial charge in [-0.05, 0) is 38.1 Å². The highest BCUT2D eigenvalue weighted by atomic mass is 19.4. The van der Waals surface area contributed by atoms with Crippen LogP contribution in [0.2, 0.25) is 0 Å². The topological polar surface area (TPSA) is 79.5 Å². The largest absolute Gasteiger partial charge is 0.470 e. The Morgan fingerprint density at radius 1 is 1.03 bits per heavy atom. The second-order valence-corrected chi connectivity index (χ2v) is 7.62. The highest BCUT2D eigenvalue weighted by molar-refractivity contribution is 6.22. The summed E-state index contributed by atoms with van der Waals surface area (Å²) in [6, 6.07) is 11.3. The minimum atomic E-state index is -4.82. The number of imide groups is 1. The van der Waals surface area contributed by atoms with E-state index in [2.05, 4.69) is 14.6 Å². The molecule has 4 rings (SSSR count). The first-order valence-electron chi connectivity index (χ1n) is 9.41. The first kappa shape index (κ1) is 21.5. The number of hydrogen-bond donors (Lipinski definition) is 0. The molecule has 2 heterocycles. The molecule has 1 aromatic heterocycles. The number of halogens is 4. The number of aromatic nitrogens is 2. The van der Waals surface area contributed by atoms with Gasteiger partial charge < -0.3 is 9.32 Å².